The zero-order valence-electron chi connectivity index (χ0n) is 21.0. The van der Waals surface area contributed by atoms with E-state index in [2.05, 4.69) is 46.7 Å². The molecule has 7 nitrogen and oxygen atoms in total. The minimum Gasteiger partial charge on any atom is -0.497 e. The molecule has 2 aliphatic heterocycles. The van der Waals surface area contributed by atoms with Gasteiger partial charge in [0, 0.05) is 18.0 Å². The number of ether oxygens (including phenoxy) is 1. The first-order chi connectivity index (χ1) is 17.3. The van der Waals surface area contributed by atoms with Gasteiger partial charge in [0.15, 0.2) is 0 Å². The second-order valence-electron chi connectivity index (χ2n) is 11.3. The van der Waals surface area contributed by atoms with Gasteiger partial charge in [-0.05, 0) is 86.7 Å². The molecule has 2 aromatic carbocycles. The Bertz CT molecular complexity index is 1200. The number of carbonyl (C=O) groups excluding carboxylic acids is 2. The van der Waals surface area contributed by atoms with Gasteiger partial charge in [0.25, 0.3) is 5.91 Å². The number of amides is 3. The van der Waals surface area contributed by atoms with Gasteiger partial charge in [-0.1, -0.05) is 36.4 Å². The van der Waals surface area contributed by atoms with Crippen LogP contribution < -0.4 is 15.4 Å². The van der Waals surface area contributed by atoms with Crippen LogP contribution in [0.2, 0.25) is 0 Å². The number of rotatable bonds is 6. The van der Waals surface area contributed by atoms with Gasteiger partial charge in [-0.3, -0.25) is 15.0 Å². The Kier molecular flexibility index (Phi) is 5.43. The van der Waals surface area contributed by atoms with Crippen molar-refractivity contribution in [1.29, 1.82) is 0 Å². The Morgan fingerprint density at radius 1 is 1.14 bits per heavy atom. The molecule has 0 radical (unpaired) electrons. The van der Waals surface area contributed by atoms with Crippen molar-refractivity contribution in [1.82, 2.24) is 15.5 Å². The third-order valence-corrected chi connectivity index (χ3v) is 9.50. The number of nitrogens with one attached hydrogen (secondary N) is 2. The second-order valence-corrected chi connectivity index (χ2v) is 11.3. The van der Waals surface area contributed by atoms with Crippen LogP contribution in [0, 0.1) is 12.8 Å². The van der Waals surface area contributed by atoms with Crippen molar-refractivity contribution >= 4 is 11.9 Å². The van der Waals surface area contributed by atoms with E-state index in [0.29, 0.717) is 25.2 Å². The molecule has 2 heterocycles. The lowest BCUT2D eigenvalue weighted by Gasteiger charge is -2.57. The van der Waals surface area contributed by atoms with Gasteiger partial charge >= 0.3 is 6.03 Å². The van der Waals surface area contributed by atoms with Gasteiger partial charge in [-0.2, -0.15) is 0 Å². The Balaban J connectivity index is 1.34. The normalized spacial score (nSPS) is 35.1. The summed E-state index contributed by atoms with van der Waals surface area (Å²) >= 11 is 0. The average Bonchev–Trinajstić information content (AvgIpc) is 3.24. The number of imide groups is 1. The van der Waals surface area contributed by atoms with Crippen LogP contribution in [0.4, 0.5) is 4.79 Å². The third kappa shape index (κ3) is 3.32. The molecular formula is C29H35N3O4. The van der Waals surface area contributed by atoms with E-state index in [0.717, 1.165) is 49.2 Å². The summed E-state index contributed by atoms with van der Waals surface area (Å²) in [7, 11) is 1.65. The topological polar surface area (TPSA) is 90.9 Å². The van der Waals surface area contributed by atoms with Crippen LogP contribution in [0.5, 0.6) is 5.75 Å². The molecule has 2 saturated heterocycles. The van der Waals surface area contributed by atoms with Crippen molar-refractivity contribution in [3.8, 4) is 5.75 Å². The Morgan fingerprint density at radius 3 is 2.67 bits per heavy atom. The molecule has 1 spiro atoms. The van der Waals surface area contributed by atoms with Gasteiger partial charge in [-0.25, -0.2) is 4.79 Å². The lowest BCUT2D eigenvalue weighted by Crippen LogP contribution is -2.70. The molecule has 6 rings (SSSR count). The molecule has 36 heavy (non-hydrogen) atoms. The third-order valence-electron chi connectivity index (χ3n) is 9.50. The Morgan fingerprint density at radius 2 is 1.94 bits per heavy atom. The highest BCUT2D eigenvalue weighted by Crippen LogP contribution is 2.65. The maximum atomic E-state index is 13.0. The molecule has 7 heteroatoms. The van der Waals surface area contributed by atoms with E-state index in [-0.39, 0.29) is 11.9 Å². The predicted molar refractivity (Wildman–Crippen MR) is 136 cm³/mol. The first-order valence-corrected chi connectivity index (χ1v) is 13.1. The molecule has 0 aromatic heterocycles. The molecule has 3 N–H and O–H groups in total. The lowest BCUT2D eigenvalue weighted by atomic mass is 9.55. The molecule has 2 saturated carbocycles. The van der Waals surface area contributed by atoms with Gasteiger partial charge in [-0.15, -0.1) is 0 Å². The van der Waals surface area contributed by atoms with Crippen LogP contribution in [0.25, 0.3) is 0 Å². The fourth-order valence-electron chi connectivity index (χ4n) is 7.94. The molecule has 0 bridgehead atoms. The molecular weight excluding hydrogens is 454 g/mol. The van der Waals surface area contributed by atoms with Crippen LogP contribution in [0.1, 0.15) is 48.8 Å². The van der Waals surface area contributed by atoms with Crippen molar-refractivity contribution in [2.24, 2.45) is 5.92 Å². The molecule has 190 valence electrons. The van der Waals surface area contributed by atoms with Gasteiger partial charge in [0.2, 0.25) is 0 Å². The van der Waals surface area contributed by atoms with Crippen molar-refractivity contribution < 1.29 is 19.4 Å². The van der Waals surface area contributed by atoms with Crippen LogP contribution in [-0.4, -0.2) is 59.3 Å². The van der Waals surface area contributed by atoms with Crippen molar-refractivity contribution in [2.75, 3.05) is 20.2 Å². The monoisotopic (exact) mass is 489 g/mol. The van der Waals surface area contributed by atoms with Crippen molar-refractivity contribution in [3.05, 3.63) is 65.2 Å². The maximum Gasteiger partial charge on any atom is 0.322 e. The molecule has 1 unspecified atom stereocenters. The average molecular weight is 490 g/mol. The van der Waals surface area contributed by atoms with E-state index in [1.165, 1.54) is 5.56 Å². The standard InChI is InChI=1S/C29H35N3O4/c1-19-10-11-22(36-2)15-23(19)27-16-21-17-32(14-6-9-20-7-4-3-5-8-20)24(21)29(27,35)13-12-28(18-27)25(33)30-26(34)31-28/h3-5,7-8,10-11,15,21,24,35H,6,9,12-14,16-18H2,1-2H3,(H2,30,31,33,34)/t21?,24-,27-,28+,29-/m1/s1. The molecule has 3 amide bonds. The summed E-state index contributed by atoms with van der Waals surface area (Å²) in [5.74, 6) is 0.826. The largest absolute Gasteiger partial charge is 0.497 e. The number of benzene rings is 2. The summed E-state index contributed by atoms with van der Waals surface area (Å²) in [6.45, 7) is 3.96. The van der Waals surface area contributed by atoms with Crippen molar-refractivity contribution in [3.63, 3.8) is 0 Å². The van der Waals surface area contributed by atoms with Crippen molar-refractivity contribution in [2.45, 2.75) is 68.0 Å². The maximum absolute atomic E-state index is 13.0. The van der Waals surface area contributed by atoms with E-state index >= 15 is 0 Å². The second kappa shape index (κ2) is 8.32. The van der Waals surface area contributed by atoms with E-state index in [1.54, 1.807) is 7.11 Å². The van der Waals surface area contributed by atoms with Gasteiger partial charge in [0.05, 0.1) is 12.7 Å². The summed E-state index contributed by atoms with van der Waals surface area (Å²) in [5, 5.41) is 18.1. The zero-order chi connectivity index (χ0) is 25.1. The number of likely N-dealkylation sites (tertiary alicyclic amines) is 1. The Hall–Kier alpha value is -2.90. The smallest absolute Gasteiger partial charge is 0.322 e. The van der Waals surface area contributed by atoms with E-state index in [1.807, 2.05) is 24.3 Å². The van der Waals surface area contributed by atoms with Gasteiger partial charge in [0.1, 0.15) is 11.3 Å². The minimum absolute atomic E-state index is 0.0522. The highest BCUT2D eigenvalue weighted by molar-refractivity contribution is 6.07. The molecule has 4 fully saturated rings. The summed E-state index contributed by atoms with van der Waals surface area (Å²) in [6, 6.07) is 16.2. The number of carbonyl (C=O) groups is 2. The van der Waals surface area contributed by atoms with Crippen LogP contribution in [-0.2, 0) is 16.6 Å². The van der Waals surface area contributed by atoms with Crippen LogP contribution in [0.15, 0.2) is 48.5 Å². The summed E-state index contributed by atoms with van der Waals surface area (Å²) < 4.78 is 5.58. The van der Waals surface area contributed by atoms with Gasteiger partial charge < -0.3 is 15.2 Å². The first-order valence-electron chi connectivity index (χ1n) is 13.1. The number of aliphatic hydroxyl groups is 1. The van der Waals surface area contributed by atoms with Crippen LogP contribution in [0.3, 0.4) is 0 Å². The number of methoxy groups -OCH3 is 1. The highest BCUT2D eigenvalue weighted by Gasteiger charge is 2.73. The van der Waals surface area contributed by atoms with E-state index in [4.69, 9.17) is 4.74 Å². The number of aryl methyl sites for hydroxylation is 2. The number of urea groups is 1. The summed E-state index contributed by atoms with van der Waals surface area (Å²) in [5.41, 5.74) is 0.828. The van der Waals surface area contributed by atoms with E-state index in [9.17, 15) is 14.7 Å². The lowest BCUT2D eigenvalue weighted by molar-refractivity contribution is -0.148. The molecule has 2 aliphatic carbocycles. The number of hydrogen-bond donors (Lipinski definition) is 3. The molecule has 2 aromatic rings. The first kappa shape index (κ1) is 23.5. The zero-order valence-corrected chi connectivity index (χ0v) is 21.0. The fourth-order valence-corrected chi connectivity index (χ4v) is 7.94. The predicted octanol–water partition coefficient (Wildman–Crippen LogP) is 3.07. The minimum atomic E-state index is -0.987. The summed E-state index contributed by atoms with van der Waals surface area (Å²) in [4.78, 5) is 27.7. The Labute approximate surface area is 212 Å². The highest BCUT2D eigenvalue weighted by atomic mass is 16.5. The van der Waals surface area contributed by atoms with Crippen LogP contribution >= 0.6 is 0 Å². The quantitative estimate of drug-likeness (QED) is 0.543. The summed E-state index contributed by atoms with van der Waals surface area (Å²) in [6.07, 6.45) is 4.15. The molecule has 4 aliphatic rings. The number of fused-ring (bicyclic) bond motifs is 3. The fraction of sp³-hybridized carbons (Fsp3) is 0.517. The van der Waals surface area contributed by atoms with E-state index < -0.39 is 22.6 Å². The molecule has 5 atom stereocenters. The SMILES string of the molecule is COc1ccc(C)c([C@]23CC4CN(CCCc5ccccc5)[C@H]4[C@]2(O)CC[C@@]2(C3)NC(=O)NC2=O)c1. The number of nitrogens with zero attached hydrogens (tertiary/aromatic N) is 1. The number of hydrogen-bond acceptors (Lipinski definition) is 5.